The monoisotopic (exact) mass is 154 g/mol. The molecule has 0 aromatic carbocycles. The molecular formula is C7H10N2S. The van der Waals surface area contributed by atoms with Crippen molar-refractivity contribution in [3.8, 4) is 0 Å². The highest BCUT2D eigenvalue weighted by Crippen LogP contribution is 1.98. The zero-order valence-electron chi connectivity index (χ0n) is 5.95. The van der Waals surface area contributed by atoms with Crippen LogP contribution in [0.25, 0.3) is 0 Å². The van der Waals surface area contributed by atoms with E-state index in [1.165, 1.54) is 18.0 Å². The summed E-state index contributed by atoms with van der Waals surface area (Å²) in [5.41, 5.74) is 0. The Bertz CT molecular complexity index is 170. The number of allylic oxidation sites excluding steroid dienone is 1. The normalized spacial score (nSPS) is 11.9. The molecule has 0 N–H and O–H groups in total. The quantitative estimate of drug-likeness (QED) is 0.441. The molecular weight excluding hydrogens is 144 g/mol. The first-order valence-corrected chi connectivity index (χ1v) is 3.95. The highest BCUT2D eigenvalue weighted by atomic mass is 32.2. The van der Waals surface area contributed by atoms with Crippen molar-refractivity contribution in [3.05, 3.63) is 25.4 Å². The van der Waals surface area contributed by atoms with Crippen molar-refractivity contribution < 1.29 is 0 Å². The fourth-order valence-electron chi connectivity index (χ4n) is 0.333. The van der Waals surface area contributed by atoms with Crippen LogP contribution < -0.4 is 0 Å². The third-order valence-corrected chi connectivity index (χ3v) is 1.25. The first-order chi connectivity index (χ1) is 4.85. The summed E-state index contributed by atoms with van der Waals surface area (Å²) < 4.78 is 0. The summed E-state index contributed by atoms with van der Waals surface area (Å²) in [7, 11) is 0. The molecule has 10 heavy (non-hydrogen) atoms. The van der Waals surface area contributed by atoms with Crippen molar-refractivity contribution in [2.45, 2.75) is 0 Å². The summed E-state index contributed by atoms with van der Waals surface area (Å²) in [6, 6.07) is 0. The first kappa shape index (κ1) is 9.17. The minimum absolute atomic E-state index is 0.690. The second kappa shape index (κ2) is 6.29. The van der Waals surface area contributed by atoms with Gasteiger partial charge in [0.2, 0.25) is 0 Å². The summed E-state index contributed by atoms with van der Waals surface area (Å²) in [6.45, 7) is 6.94. The lowest BCUT2D eigenvalue weighted by atomic mass is 10.7. The molecule has 0 rings (SSSR count). The van der Waals surface area contributed by atoms with Gasteiger partial charge in [-0.3, -0.25) is 0 Å². The van der Waals surface area contributed by atoms with Gasteiger partial charge in [-0.2, -0.15) is 0 Å². The zero-order chi connectivity index (χ0) is 7.82. The maximum atomic E-state index is 3.95. The van der Waals surface area contributed by atoms with Crippen LogP contribution in [0.15, 0.2) is 35.4 Å². The van der Waals surface area contributed by atoms with Gasteiger partial charge in [-0.25, -0.2) is 9.98 Å². The summed E-state index contributed by atoms with van der Waals surface area (Å²) in [5, 5.41) is 0.690. The lowest BCUT2D eigenvalue weighted by Crippen LogP contribution is -1.83. The van der Waals surface area contributed by atoms with Crippen LogP contribution in [0.4, 0.5) is 0 Å². The molecule has 0 amide bonds. The van der Waals surface area contributed by atoms with Gasteiger partial charge < -0.3 is 0 Å². The average Bonchev–Trinajstić information content (AvgIpc) is 1.98. The van der Waals surface area contributed by atoms with Gasteiger partial charge in [-0.05, 0) is 6.26 Å². The van der Waals surface area contributed by atoms with E-state index in [0.29, 0.717) is 5.17 Å². The molecule has 0 atom stereocenters. The van der Waals surface area contributed by atoms with Crippen molar-refractivity contribution in [1.29, 1.82) is 0 Å². The van der Waals surface area contributed by atoms with E-state index >= 15 is 0 Å². The van der Waals surface area contributed by atoms with Gasteiger partial charge in [0.25, 0.3) is 0 Å². The highest BCUT2D eigenvalue weighted by Gasteiger charge is 1.85. The molecule has 54 valence electrons. The summed E-state index contributed by atoms with van der Waals surface area (Å²) in [4.78, 5) is 7.83. The van der Waals surface area contributed by atoms with Gasteiger partial charge in [0.05, 0.1) is 0 Å². The number of hydrogen-bond donors (Lipinski definition) is 0. The topological polar surface area (TPSA) is 24.7 Å². The van der Waals surface area contributed by atoms with E-state index in [1.807, 2.05) is 6.26 Å². The number of aliphatic imine (C=N–C) groups is 2. The molecule has 0 heterocycles. The predicted molar refractivity (Wildman–Crippen MR) is 49.8 cm³/mol. The van der Waals surface area contributed by atoms with Gasteiger partial charge in [0.1, 0.15) is 0 Å². The van der Waals surface area contributed by atoms with Crippen LogP contribution in [0.5, 0.6) is 0 Å². The molecule has 0 unspecified atom stereocenters. The number of amidine groups is 1. The van der Waals surface area contributed by atoms with E-state index in [0.717, 1.165) is 0 Å². The molecule has 0 radical (unpaired) electrons. The van der Waals surface area contributed by atoms with Crippen LogP contribution >= 0.6 is 11.8 Å². The first-order valence-electron chi connectivity index (χ1n) is 2.73. The number of hydrogen-bond acceptors (Lipinski definition) is 2. The van der Waals surface area contributed by atoms with E-state index in [9.17, 15) is 0 Å². The molecule has 0 aromatic rings. The molecule has 0 saturated carbocycles. The largest absolute Gasteiger partial charge is 0.232 e. The second-order valence-corrected chi connectivity index (χ2v) is 2.09. The minimum atomic E-state index is 0.690. The lowest BCUT2D eigenvalue weighted by molar-refractivity contribution is 1.56. The van der Waals surface area contributed by atoms with Crippen molar-refractivity contribution in [3.63, 3.8) is 0 Å². The van der Waals surface area contributed by atoms with Crippen molar-refractivity contribution in [2.24, 2.45) is 9.98 Å². The van der Waals surface area contributed by atoms with E-state index in [4.69, 9.17) is 0 Å². The summed E-state index contributed by atoms with van der Waals surface area (Å²) in [6.07, 6.45) is 6.57. The smallest absolute Gasteiger partial charge is 0.187 e. The summed E-state index contributed by atoms with van der Waals surface area (Å²) >= 11 is 1.47. The lowest BCUT2D eigenvalue weighted by Gasteiger charge is -1.88. The molecule has 0 bridgehead atoms. The molecule has 0 spiro atoms. The molecule has 3 heteroatoms. The van der Waals surface area contributed by atoms with Crippen LogP contribution in [-0.4, -0.2) is 17.6 Å². The highest BCUT2D eigenvalue weighted by molar-refractivity contribution is 8.13. The molecule has 0 fully saturated rings. The number of nitrogens with zero attached hydrogens (tertiary/aromatic N) is 2. The maximum Gasteiger partial charge on any atom is 0.187 e. The van der Waals surface area contributed by atoms with Crippen molar-refractivity contribution in [1.82, 2.24) is 0 Å². The van der Waals surface area contributed by atoms with E-state index < -0.39 is 0 Å². The molecule has 0 saturated heterocycles. The second-order valence-electron chi connectivity index (χ2n) is 1.31. The van der Waals surface area contributed by atoms with Crippen molar-refractivity contribution in [2.75, 3.05) is 6.26 Å². The Morgan fingerprint density at radius 3 is 2.60 bits per heavy atom. The molecule has 0 aliphatic carbocycles. The standard InChI is InChI=1S/C7H10N2S/c1-4-6-9-7(10-3)8-5-2/h4-6H,1-2H2,3H3/b8-7+,9-6-. The van der Waals surface area contributed by atoms with Crippen molar-refractivity contribution >= 4 is 23.1 Å². The Morgan fingerprint density at radius 2 is 2.20 bits per heavy atom. The SMILES string of the molecule is C=C/C=N\C(=N/C=C)SC. The Balaban J connectivity index is 4.06. The maximum absolute atomic E-state index is 3.95. The van der Waals surface area contributed by atoms with Crippen LogP contribution in [0.3, 0.4) is 0 Å². The number of rotatable bonds is 2. The van der Waals surface area contributed by atoms with E-state index in [-0.39, 0.29) is 0 Å². The Hall–Kier alpha value is -0.830. The fraction of sp³-hybridized carbons (Fsp3) is 0.143. The Morgan fingerprint density at radius 1 is 1.50 bits per heavy atom. The predicted octanol–water partition coefficient (Wildman–Crippen LogP) is 2.11. The summed E-state index contributed by atoms with van der Waals surface area (Å²) in [5.74, 6) is 0. The minimum Gasteiger partial charge on any atom is -0.232 e. The Labute approximate surface area is 65.5 Å². The van der Waals surface area contributed by atoms with Crippen LogP contribution in [0.2, 0.25) is 0 Å². The third kappa shape index (κ3) is 4.09. The van der Waals surface area contributed by atoms with Crippen LogP contribution in [0, 0.1) is 0 Å². The average molecular weight is 154 g/mol. The Kier molecular flexibility index (Phi) is 5.77. The van der Waals surface area contributed by atoms with Crippen LogP contribution in [-0.2, 0) is 0 Å². The van der Waals surface area contributed by atoms with Gasteiger partial charge in [-0.1, -0.05) is 31.0 Å². The van der Waals surface area contributed by atoms with Gasteiger partial charge in [-0.15, -0.1) is 0 Å². The van der Waals surface area contributed by atoms with Crippen LogP contribution in [0.1, 0.15) is 0 Å². The number of thioether (sulfide) groups is 1. The zero-order valence-corrected chi connectivity index (χ0v) is 6.77. The van der Waals surface area contributed by atoms with Gasteiger partial charge >= 0.3 is 0 Å². The van der Waals surface area contributed by atoms with E-state index in [2.05, 4.69) is 23.1 Å². The van der Waals surface area contributed by atoms with E-state index in [1.54, 1.807) is 12.3 Å². The molecule has 0 aliphatic heterocycles. The third-order valence-electron chi connectivity index (χ3n) is 0.675. The molecule has 0 aromatic heterocycles. The fourth-order valence-corrected chi connectivity index (χ4v) is 0.680. The van der Waals surface area contributed by atoms with Gasteiger partial charge in [0, 0.05) is 12.4 Å². The molecule has 2 nitrogen and oxygen atoms in total. The van der Waals surface area contributed by atoms with Gasteiger partial charge in [0.15, 0.2) is 5.17 Å². The molecule has 0 aliphatic rings.